The average Bonchev–Trinajstić information content (AvgIpc) is 2.90. The van der Waals surface area contributed by atoms with Crippen LogP contribution in [-0.4, -0.2) is 10.9 Å². The molecular weight excluding hydrogens is 246 g/mol. The van der Waals surface area contributed by atoms with Gasteiger partial charge in [0.2, 0.25) is 0 Å². The molecule has 2 aromatic rings. The zero-order valence-corrected chi connectivity index (χ0v) is 10.8. The molecular formula is C13H13N3OS. The van der Waals surface area contributed by atoms with Gasteiger partial charge in [-0.05, 0) is 17.9 Å². The van der Waals surface area contributed by atoms with Gasteiger partial charge in [-0.3, -0.25) is 0 Å². The second kappa shape index (κ2) is 6.12. The number of anilines is 1. The molecule has 0 aliphatic rings. The van der Waals surface area contributed by atoms with E-state index in [0.29, 0.717) is 12.1 Å². The van der Waals surface area contributed by atoms with E-state index in [-0.39, 0.29) is 0 Å². The standard InChI is InChI=1S/C13H13N3OS/c1-2-18-13-5-3-4-12(11(13)8-14)15-9-10-6-7-17-16-10/h3-7,15H,2,9H2,1H3. The second-order valence-corrected chi connectivity index (χ2v) is 4.87. The smallest absolute Gasteiger partial charge is 0.124 e. The number of benzene rings is 1. The Hall–Kier alpha value is -1.93. The number of hydrogen-bond acceptors (Lipinski definition) is 5. The fraction of sp³-hybridized carbons (Fsp3) is 0.231. The number of nitrogens with one attached hydrogen (secondary N) is 1. The van der Waals surface area contributed by atoms with Crippen LogP contribution in [0.1, 0.15) is 18.2 Å². The molecule has 0 saturated carbocycles. The molecule has 1 heterocycles. The van der Waals surface area contributed by atoms with Crippen LogP contribution >= 0.6 is 11.8 Å². The highest BCUT2D eigenvalue weighted by molar-refractivity contribution is 7.99. The van der Waals surface area contributed by atoms with E-state index in [1.165, 1.54) is 6.26 Å². The molecule has 18 heavy (non-hydrogen) atoms. The van der Waals surface area contributed by atoms with Gasteiger partial charge in [0.15, 0.2) is 0 Å². The first kappa shape index (κ1) is 12.5. The number of nitrogens with zero attached hydrogens (tertiary/aromatic N) is 2. The Kier molecular flexibility index (Phi) is 4.26. The zero-order valence-electron chi connectivity index (χ0n) is 10.0. The first-order valence-corrected chi connectivity index (χ1v) is 6.62. The van der Waals surface area contributed by atoms with Gasteiger partial charge in [-0.2, -0.15) is 5.26 Å². The van der Waals surface area contributed by atoms with Crippen LogP contribution in [-0.2, 0) is 6.54 Å². The summed E-state index contributed by atoms with van der Waals surface area (Å²) >= 11 is 1.67. The molecule has 0 unspecified atom stereocenters. The van der Waals surface area contributed by atoms with E-state index in [2.05, 4.69) is 23.5 Å². The quantitative estimate of drug-likeness (QED) is 0.835. The van der Waals surface area contributed by atoms with Gasteiger partial charge in [0.25, 0.3) is 0 Å². The van der Waals surface area contributed by atoms with E-state index in [0.717, 1.165) is 22.0 Å². The Morgan fingerprint density at radius 2 is 2.33 bits per heavy atom. The van der Waals surface area contributed by atoms with E-state index in [4.69, 9.17) is 4.52 Å². The molecule has 4 nitrogen and oxygen atoms in total. The van der Waals surface area contributed by atoms with Crippen molar-refractivity contribution in [1.29, 1.82) is 5.26 Å². The lowest BCUT2D eigenvalue weighted by molar-refractivity contribution is 0.412. The van der Waals surface area contributed by atoms with Gasteiger partial charge in [-0.25, -0.2) is 0 Å². The van der Waals surface area contributed by atoms with Crippen LogP contribution in [0.3, 0.4) is 0 Å². The monoisotopic (exact) mass is 259 g/mol. The molecule has 0 atom stereocenters. The third-order valence-corrected chi connectivity index (χ3v) is 3.33. The van der Waals surface area contributed by atoms with Crippen LogP contribution in [0, 0.1) is 11.3 Å². The van der Waals surface area contributed by atoms with Crippen molar-refractivity contribution >= 4 is 17.4 Å². The molecule has 0 aliphatic heterocycles. The molecule has 0 radical (unpaired) electrons. The van der Waals surface area contributed by atoms with Crippen LogP contribution in [0.15, 0.2) is 39.9 Å². The number of thioether (sulfide) groups is 1. The Labute approximate surface area is 110 Å². The molecule has 1 N–H and O–H groups in total. The predicted octanol–water partition coefficient (Wildman–Crippen LogP) is 3.27. The Balaban J connectivity index is 2.17. The molecule has 0 spiro atoms. The minimum atomic E-state index is 0.547. The third kappa shape index (κ3) is 2.84. The molecule has 1 aromatic carbocycles. The Bertz CT molecular complexity index is 546. The summed E-state index contributed by atoms with van der Waals surface area (Å²) in [5.41, 5.74) is 2.33. The van der Waals surface area contributed by atoms with Crippen molar-refractivity contribution in [3.05, 3.63) is 41.8 Å². The van der Waals surface area contributed by atoms with Crippen molar-refractivity contribution < 1.29 is 4.52 Å². The van der Waals surface area contributed by atoms with Gasteiger partial charge in [0.1, 0.15) is 18.0 Å². The van der Waals surface area contributed by atoms with Crippen molar-refractivity contribution in [3.8, 4) is 6.07 Å². The van der Waals surface area contributed by atoms with Crippen molar-refractivity contribution in [2.45, 2.75) is 18.4 Å². The van der Waals surface area contributed by atoms with Gasteiger partial charge < -0.3 is 9.84 Å². The second-order valence-electron chi connectivity index (χ2n) is 3.57. The molecule has 0 amide bonds. The number of rotatable bonds is 5. The largest absolute Gasteiger partial charge is 0.378 e. The van der Waals surface area contributed by atoms with E-state index >= 15 is 0 Å². The molecule has 1 aromatic heterocycles. The summed E-state index contributed by atoms with van der Waals surface area (Å²) in [6, 6.07) is 9.86. The summed E-state index contributed by atoms with van der Waals surface area (Å²) in [7, 11) is 0. The summed E-state index contributed by atoms with van der Waals surface area (Å²) in [4.78, 5) is 1.00. The van der Waals surface area contributed by atoms with Crippen molar-refractivity contribution in [1.82, 2.24) is 5.16 Å². The molecule has 0 bridgehead atoms. The van der Waals surface area contributed by atoms with Crippen molar-refractivity contribution in [2.75, 3.05) is 11.1 Å². The van der Waals surface area contributed by atoms with E-state index in [1.54, 1.807) is 17.8 Å². The highest BCUT2D eigenvalue weighted by atomic mass is 32.2. The summed E-state index contributed by atoms with van der Waals surface area (Å²) in [5.74, 6) is 0.946. The summed E-state index contributed by atoms with van der Waals surface area (Å²) in [6.07, 6.45) is 1.53. The maximum atomic E-state index is 9.25. The SMILES string of the molecule is CCSc1cccc(NCc2ccon2)c1C#N. The Morgan fingerprint density at radius 1 is 1.44 bits per heavy atom. The van der Waals surface area contributed by atoms with Crippen LogP contribution in [0.5, 0.6) is 0 Å². The minimum absolute atomic E-state index is 0.547. The lowest BCUT2D eigenvalue weighted by Crippen LogP contribution is -2.02. The fourth-order valence-corrected chi connectivity index (χ4v) is 2.37. The highest BCUT2D eigenvalue weighted by Crippen LogP contribution is 2.27. The van der Waals surface area contributed by atoms with Gasteiger partial charge in [-0.15, -0.1) is 11.8 Å². The van der Waals surface area contributed by atoms with Gasteiger partial charge in [-0.1, -0.05) is 18.1 Å². The van der Waals surface area contributed by atoms with Gasteiger partial charge >= 0.3 is 0 Å². The maximum absolute atomic E-state index is 9.25. The van der Waals surface area contributed by atoms with Gasteiger partial charge in [0.05, 0.1) is 17.8 Å². The van der Waals surface area contributed by atoms with Crippen molar-refractivity contribution in [2.24, 2.45) is 0 Å². The highest BCUT2D eigenvalue weighted by Gasteiger charge is 2.08. The van der Waals surface area contributed by atoms with Crippen LogP contribution < -0.4 is 5.32 Å². The third-order valence-electron chi connectivity index (χ3n) is 2.39. The molecule has 5 heteroatoms. The van der Waals surface area contributed by atoms with Crippen LogP contribution in [0.2, 0.25) is 0 Å². The molecule has 0 aliphatic carbocycles. The first-order chi connectivity index (χ1) is 8.85. The topological polar surface area (TPSA) is 61.9 Å². The minimum Gasteiger partial charge on any atom is -0.378 e. The van der Waals surface area contributed by atoms with Crippen molar-refractivity contribution in [3.63, 3.8) is 0 Å². The molecule has 92 valence electrons. The van der Waals surface area contributed by atoms with E-state index in [9.17, 15) is 5.26 Å². The zero-order chi connectivity index (χ0) is 12.8. The summed E-state index contributed by atoms with van der Waals surface area (Å²) in [5, 5.41) is 16.3. The number of nitriles is 1. The fourth-order valence-electron chi connectivity index (χ4n) is 1.58. The summed E-state index contributed by atoms with van der Waals surface area (Å²) < 4.78 is 4.76. The lowest BCUT2D eigenvalue weighted by Gasteiger charge is -2.09. The molecule has 0 fully saturated rings. The number of hydrogen-bond donors (Lipinski definition) is 1. The Morgan fingerprint density at radius 3 is 3.00 bits per heavy atom. The van der Waals surface area contributed by atoms with E-state index < -0.39 is 0 Å². The normalized spacial score (nSPS) is 10.0. The maximum Gasteiger partial charge on any atom is 0.124 e. The molecule has 2 rings (SSSR count). The summed E-state index contributed by atoms with van der Waals surface area (Å²) in [6.45, 7) is 2.62. The van der Waals surface area contributed by atoms with E-state index in [1.807, 2.05) is 18.2 Å². The number of aromatic nitrogens is 1. The molecule has 0 saturated heterocycles. The first-order valence-electron chi connectivity index (χ1n) is 5.64. The van der Waals surface area contributed by atoms with Crippen LogP contribution in [0.25, 0.3) is 0 Å². The predicted molar refractivity (Wildman–Crippen MR) is 71.4 cm³/mol. The van der Waals surface area contributed by atoms with Gasteiger partial charge in [0, 0.05) is 11.0 Å². The average molecular weight is 259 g/mol. The lowest BCUT2D eigenvalue weighted by atomic mass is 10.2. The van der Waals surface area contributed by atoms with Crippen LogP contribution in [0.4, 0.5) is 5.69 Å².